The van der Waals surface area contributed by atoms with Crippen molar-refractivity contribution in [1.82, 2.24) is 5.32 Å². The van der Waals surface area contributed by atoms with E-state index in [0.717, 1.165) is 16.9 Å². The van der Waals surface area contributed by atoms with Gasteiger partial charge in [-0.15, -0.1) is 0 Å². The van der Waals surface area contributed by atoms with Gasteiger partial charge in [0.15, 0.2) is 0 Å². The normalized spacial score (nSPS) is 11.4. The highest BCUT2D eigenvalue weighted by molar-refractivity contribution is 5.97. The number of ether oxygens (including phenoxy) is 1. The van der Waals surface area contributed by atoms with E-state index in [0.29, 0.717) is 12.2 Å². The molecule has 2 rings (SSSR count). The fourth-order valence-corrected chi connectivity index (χ4v) is 2.54. The predicted molar refractivity (Wildman–Crippen MR) is 100 cm³/mol. The van der Waals surface area contributed by atoms with Crippen molar-refractivity contribution in [3.05, 3.63) is 54.1 Å². The molecule has 142 valence electrons. The van der Waals surface area contributed by atoms with Crippen LogP contribution in [0, 0.1) is 0 Å². The number of carboxylic acid groups (broad SMARTS) is 1. The number of nitrogens with two attached hydrogens (primary N) is 1. The number of amides is 2. The molecule has 0 saturated carbocycles. The Labute approximate surface area is 157 Å². The molecule has 2 aromatic rings. The molecule has 7 heteroatoms. The largest absolute Gasteiger partial charge is 0.494 e. The molecule has 0 bridgehead atoms. The number of hydrogen-bond donors (Lipinski definition) is 3. The standard InChI is InChI=1S/C20H22N2O5/c1-2-27-16-5-3-4-15(12-16)13-6-8-14(9-7-13)20(26)22-17(19(21)25)10-11-18(23)24/h3-9,12,17H,2,10-11H2,1H3,(H2,21,25)(H,22,26)(H,23,24)/t17-/m0/s1. The van der Waals surface area contributed by atoms with Crippen molar-refractivity contribution in [3.8, 4) is 16.9 Å². The van der Waals surface area contributed by atoms with Crippen molar-refractivity contribution in [2.24, 2.45) is 5.73 Å². The Kier molecular flexibility index (Phi) is 6.93. The topological polar surface area (TPSA) is 119 Å². The van der Waals surface area contributed by atoms with Crippen LogP contribution in [0.5, 0.6) is 5.75 Å². The monoisotopic (exact) mass is 370 g/mol. The van der Waals surface area contributed by atoms with Gasteiger partial charge < -0.3 is 20.9 Å². The second-order valence-electron chi connectivity index (χ2n) is 5.90. The van der Waals surface area contributed by atoms with Crippen molar-refractivity contribution in [2.75, 3.05) is 6.61 Å². The summed E-state index contributed by atoms with van der Waals surface area (Å²) >= 11 is 0. The average molecular weight is 370 g/mol. The second-order valence-corrected chi connectivity index (χ2v) is 5.90. The molecule has 0 radical (unpaired) electrons. The number of carboxylic acids is 1. The quantitative estimate of drug-likeness (QED) is 0.625. The van der Waals surface area contributed by atoms with Crippen LogP contribution >= 0.6 is 0 Å². The first kappa shape index (κ1) is 20.0. The molecule has 27 heavy (non-hydrogen) atoms. The summed E-state index contributed by atoms with van der Waals surface area (Å²) in [6.45, 7) is 2.49. The first-order valence-electron chi connectivity index (χ1n) is 8.56. The van der Waals surface area contributed by atoms with Crippen LogP contribution in [0.15, 0.2) is 48.5 Å². The minimum Gasteiger partial charge on any atom is -0.494 e. The molecule has 0 aliphatic rings. The predicted octanol–water partition coefficient (Wildman–Crippen LogP) is 2.20. The number of aliphatic carboxylic acids is 1. The molecule has 0 aromatic heterocycles. The maximum atomic E-state index is 12.3. The first-order chi connectivity index (χ1) is 12.9. The first-order valence-corrected chi connectivity index (χ1v) is 8.56. The van der Waals surface area contributed by atoms with Crippen molar-refractivity contribution in [2.45, 2.75) is 25.8 Å². The Hall–Kier alpha value is -3.35. The Balaban J connectivity index is 2.09. The smallest absolute Gasteiger partial charge is 0.303 e. The van der Waals surface area contributed by atoms with Crippen LogP contribution in [0.1, 0.15) is 30.1 Å². The number of rotatable bonds is 9. The molecule has 2 aromatic carbocycles. The van der Waals surface area contributed by atoms with Crippen molar-refractivity contribution in [3.63, 3.8) is 0 Å². The van der Waals surface area contributed by atoms with Crippen LogP contribution in [0.2, 0.25) is 0 Å². The minimum atomic E-state index is -1.06. The summed E-state index contributed by atoms with van der Waals surface area (Å²) in [5.74, 6) is -1.55. The van der Waals surface area contributed by atoms with Crippen LogP contribution in [0.4, 0.5) is 0 Å². The van der Waals surface area contributed by atoms with E-state index in [-0.39, 0.29) is 12.8 Å². The zero-order chi connectivity index (χ0) is 19.8. The molecule has 0 aliphatic carbocycles. The van der Waals surface area contributed by atoms with Gasteiger partial charge in [0.1, 0.15) is 11.8 Å². The van der Waals surface area contributed by atoms with Crippen LogP contribution < -0.4 is 15.8 Å². The highest BCUT2D eigenvalue weighted by Gasteiger charge is 2.20. The molecule has 0 saturated heterocycles. The van der Waals surface area contributed by atoms with E-state index in [9.17, 15) is 14.4 Å². The molecule has 4 N–H and O–H groups in total. The molecular formula is C20H22N2O5. The van der Waals surface area contributed by atoms with Gasteiger partial charge in [-0.1, -0.05) is 24.3 Å². The molecule has 7 nitrogen and oxygen atoms in total. The van der Waals surface area contributed by atoms with Gasteiger partial charge in [0, 0.05) is 12.0 Å². The average Bonchev–Trinajstić information content (AvgIpc) is 2.65. The summed E-state index contributed by atoms with van der Waals surface area (Å²) in [6, 6.07) is 13.4. The lowest BCUT2D eigenvalue weighted by Gasteiger charge is -2.14. The summed E-state index contributed by atoms with van der Waals surface area (Å²) in [5.41, 5.74) is 7.43. The Morgan fingerprint density at radius 3 is 2.41 bits per heavy atom. The van der Waals surface area contributed by atoms with E-state index in [2.05, 4.69) is 5.32 Å². The molecule has 0 heterocycles. The van der Waals surface area contributed by atoms with E-state index in [4.69, 9.17) is 15.6 Å². The summed E-state index contributed by atoms with van der Waals surface area (Å²) in [7, 11) is 0. The van der Waals surface area contributed by atoms with Gasteiger partial charge in [-0.3, -0.25) is 14.4 Å². The Morgan fingerprint density at radius 2 is 1.81 bits per heavy atom. The van der Waals surface area contributed by atoms with Crippen molar-refractivity contribution in [1.29, 1.82) is 0 Å². The van der Waals surface area contributed by atoms with Crippen molar-refractivity contribution < 1.29 is 24.2 Å². The van der Waals surface area contributed by atoms with Crippen LogP contribution in [-0.2, 0) is 9.59 Å². The zero-order valence-corrected chi connectivity index (χ0v) is 15.0. The number of benzene rings is 2. The van der Waals surface area contributed by atoms with Crippen LogP contribution in [0.25, 0.3) is 11.1 Å². The van der Waals surface area contributed by atoms with Crippen LogP contribution in [0.3, 0.4) is 0 Å². The highest BCUT2D eigenvalue weighted by atomic mass is 16.5. The highest BCUT2D eigenvalue weighted by Crippen LogP contribution is 2.24. The Bertz CT molecular complexity index is 817. The SMILES string of the molecule is CCOc1cccc(-c2ccc(C(=O)N[C@@H](CCC(=O)O)C(N)=O)cc2)c1. The fourth-order valence-electron chi connectivity index (χ4n) is 2.54. The number of carbonyl (C=O) groups is 3. The maximum absolute atomic E-state index is 12.3. The lowest BCUT2D eigenvalue weighted by Crippen LogP contribution is -2.44. The molecular weight excluding hydrogens is 348 g/mol. The number of carbonyl (C=O) groups excluding carboxylic acids is 2. The van der Waals surface area contributed by atoms with Gasteiger partial charge in [-0.25, -0.2) is 0 Å². The third-order valence-electron chi connectivity index (χ3n) is 3.92. The van der Waals surface area contributed by atoms with Crippen molar-refractivity contribution >= 4 is 17.8 Å². The summed E-state index contributed by atoms with van der Waals surface area (Å²) in [5, 5.41) is 11.2. The number of hydrogen-bond acceptors (Lipinski definition) is 4. The van der Waals surface area contributed by atoms with E-state index in [1.165, 1.54) is 0 Å². The van der Waals surface area contributed by atoms with E-state index in [1.54, 1.807) is 24.3 Å². The lowest BCUT2D eigenvalue weighted by molar-refractivity contribution is -0.137. The third-order valence-corrected chi connectivity index (χ3v) is 3.92. The minimum absolute atomic E-state index is 0.0568. The van der Waals surface area contributed by atoms with E-state index in [1.807, 2.05) is 31.2 Å². The molecule has 0 unspecified atom stereocenters. The fraction of sp³-hybridized carbons (Fsp3) is 0.250. The molecule has 1 atom stereocenters. The van der Waals surface area contributed by atoms with Gasteiger partial charge in [0.05, 0.1) is 6.61 Å². The van der Waals surface area contributed by atoms with Gasteiger partial charge in [-0.05, 0) is 48.7 Å². The van der Waals surface area contributed by atoms with Gasteiger partial charge in [0.2, 0.25) is 5.91 Å². The second kappa shape index (κ2) is 9.38. The van der Waals surface area contributed by atoms with E-state index < -0.39 is 23.8 Å². The zero-order valence-electron chi connectivity index (χ0n) is 15.0. The molecule has 0 fully saturated rings. The van der Waals surface area contributed by atoms with Crippen LogP contribution in [-0.4, -0.2) is 35.5 Å². The number of nitrogens with one attached hydrogen (secondary N) is 1. The van der Waals surface area contributed by atoms with Gasteiger partial charge in [-0.2, -0.15) is 0 Å². The third kappa shape index (κ3) is 5.85. The Morgan fingerprint density at radius 1 is 1.11 bits per heavy atom. The lowest BCUT2D eigenvalue weighted by atomic mass is 10.0. The van der Waals surface area contributed by atoms with Gasteiger partial charge in [0.25, 0.3) is 5.91 Å². The summed E-state index contributed by atoms with van der Waals surface area (Å²) in [6.07, 6.45) is -0.318. The van der Waals surface area contributed by atoms with E-state index >= 15 is 0 Å². The van der Waals surface area contributed by atoms with Gasteiger partial charge >= 0.3 is 5.97 Å². The molecule has 0 aliphatic heterocycles. The molecule has 2 amide bonds. The summed E-state index contributed by atoms with van der Waals surface area (Å²) in [4.78, 5) is 34.4. The molecule has 0 spiro atoms. The summed E-state index contributed by atoms with van der Waals surface area (Å²) < 4.78 is 5.49. The number of primary amides is 1. The maximum Gasteiger partial charge on any atom is 0.303 e.